The number of halogens is 3. The van der Waals surface area contributed by atoms with E-state index in [1.807, 2.05) is 71.4 Å². The van der Waals surface area contributed by atoms with Crippen LogP contribution in [0.3, 0.4) is 0 Å². The summed E-state index contributed by atoms with van der Waals surface area (Å²) >= 11 is 0. The first-order valence-corrected chi connectivity index (χ1v) is 24.0. The minimum absolute atomic E-state index is 0.0419. The number of benzene rings is 4. The van der Waals surface area contributed by atoms with E-state index in [1.54, 1.807) is 17.1 Å². The van der Waals surface area contributed by atoms with Gasteiger partial charge in [-0.2, -0.15) is 23.4 Å². The Balaban J connectivity index is 0.697. The summed E-state index contributed by atoms with van der Waals surface area (Å²) in [6.07, 6.45) is 4.07. The number of carbonyl (C=O) groups is 4. The SMILES string of the molecule is Cn1nc(C2CCC(=O)NC2=O)c2ccc(N3CCN(CC4CCN(C(=O)Cn5cc(-c6ccc7c(C(=O)C(NCCc8ccc(C(F)(F)F)cc8)c8ccccc8)c[nH]c7c6)cn5)CC4)CC3)cc21. The molecule has 3 fully saturated rings. The second-order valence-corrected chi connectivity index (χ2v) is 18.8. The number of likely N-dealkylation sites (tertiary alicyclic amines) is 1. The van der Waals surface area contributed by atoms with Gasteiger partial charge < -0.3 is 20.1 Å². The average Bonchev–Trinajstić information content (AvgIpc) is 4.10. The van der Waals surface area contributed by atoms with Crippen LogP contribution in [0.5, 0.6) is 0 Å². The van der Waals surface area contributed by atoms with E-state index in [4.69, 9.17) is 5.10 Å². The molecule has 0 aliphatic carbocycles. The van der Waals surface area contributed by atoms with Crippen molar-refractivity contribution in [1.29, 1.82) is 0 Å². The zero-order chi connectivity index (χ0) is 48.5. The maximum absolute atomic E-state index is 14.2. The molecule has 17 heteroatoms. The molecule has 0 radical (unpaired) electrons. The number of aromatic nitrogens is 5. The van der Waals surface area contributed by atoms with Crippen molar-refractivity contribution in [3.05, 3.63) is 138 Å². The second kappa shape index (κ2) is 19.7. The van der Waals surface area contributed by atoms with Crippen molar-refractivity contribution in [2.45, 2.75) is 56.8 Å². The van der Waals surface area contributed by atoms with Gasteiger partial charge in [-0.3, -0.25) is 38.8 Å². The van der Waals surface area contributed by atoms with Crippen LogP contribution >= 0.6 is 0 Å². The minimum Gasteiger partial charge on any atom is -0.369 e. The van der Waals surface area contributed by atoms with Crippen LogP contribution in [0.2, 0.25) is 0 Å². The van der Waals surface area contributed by atoms with E-state index in [2.05, 4.69) is 48.7 Å². The Bertz CT molecular complexity index is 3040. The monoisotopic (exact) mass is 952 g/mol. The van der Waals surface area contributed by atoms with Gasteiger partial charge in [0.2, 0.25) is 17.7 Å². The molecule has 0 bridgehead atoms. The van der Waals surface area contributed by atoms with Crippen LogP contribution in [0.15, 0.2) is 110 Å². The van der Waals surface area contributed by atoms with Crippen LogP contribution in [0.25, 0.3) is 32.9 Å². The van der Waals surface area contributed by atoms with E-state index in [0.29, 0.717) is 50.4 Å². The number of piperidine rings is 2. The molecule has 3 amide bonds. The van der Waals surface area contributed by atoms with Crippen molar-refractivity contribution in [3.8, 4) is 11.1 Å². The fraction of sp³-hybridized carbons (Fsp3) is 0.358. The molecule has 2 unspecified atom stereocenters. The molecule has 3 saturated heterocycles. The molecule has 10 rings (SSSR count). The number of nitrogens with one attached hydrogen (secondary N) is 3. The summed E-state index contributed by atoms with van der Waals surface area (Å²) in [6, 6.07) is 25.9. The van der Waals surface area contributed by atoms with Gasteiger partial charge in [0.1, 0.15) is 6.54 Å². The Morgan fingerprint density at radius 2 is 1.61 bits per heavy atom. The van der Waals surface area contributed by atoms with Gasteiger partial charge in [-0.05, 0) is 84.7 Å². The largest absolute Gasteiger partial charge is 0.416 e. The Hall–Kier alpha value is -7.11. The van der Waals surface area contributed by atoms with Crippen molar-refractivity contribution in [2.75, 3.05) is 57.3 Å². The molecule has 3 aliphatic heterocycles. The number of carbonyl (C=O) groups excluding carboxylic acids is 4. The number of fused-ring (bicyclic) bond motifs is 2. The van der Waals surface area contributed by atoms with E-state index in [1.165, 1.54) is 12.1 Å². The molecular weight excluding hydrogens is 898 g/mol. The number of nitrogens with zero attached hydrogens (tertiary/aromatic N) is 7. The van der Waals surface area contributed by atoms with Crippen LogP contribution in [0.4, 0.5) is 18.9 Å². The molecule has 14 nitrogen and oxygen atoms in total. The number of ketones is 1. The number of imide groups is 1. The molecule has 6 heterocycles. The van der Waals surface area contributed by atoms with E-state index in [0.717, 1.165) is 113 Å². The third-order valence-corrected chi connectivity index (χ3v) is 14.3. The van der Waals surface area contributed by atoms with Gasteiger partial charge >= 0.3 is 6.18 Å². The predicted octanol–water partition coefficient (Wildman–Crippen LogP) is 7.27. The van der Waals surface area contributed by atoms with E-state index >= 15 is 0 Å². The standard InChI is InChI=1S/C53H55F3N10O4/c1-62-46-28-40(12-14-42(46)50(61-62)43-15-16-47(67)60-52(43)70)64-25-23-63(24-26-64)31-35-18-21-65(22-19-35)48(68)33-66-32-38(29-59-66)37-9-13-41-44(30-58-45(41)27-37)51(69)49(36-5-3-2-4-6-36)57-20-17-34-7-10-39(11-8-34)53(54,55)56/h2-14,27-30,32,35,43,49,57-58H,15-26,31,33H2,1H3,(H,60,67,70). The van der Waals surface area contributed by atoms with Gasteiger partial charge in [0.25, 0.3) is 0 Å². The number of H-pyrrole nitrogens is 1. The lowest BCUT2D eigenvalue weighted by Crippen LogP contribution is -2.49. The topological polar surface area (TPSA) is 153 Å². The third-order valence-electron chi connectivity index (χ3n) is 14.3. The maximum atomic E-state index is 14.2. The molecule has 362 valence electrons. The number of piperazine rings is 1. The summed E-state index contributed by atoms with van der Waals surface area (Å²) in [5.74, 6) is -0.511. The lowest BCUT2D eigenvalue weighted by Gasteiger charge is -2.39. The quantitative estimate of drug-likeness (QED) is 0.0755. The number of aromatic amines is 1. The average molecular weight is 953 g/mol. The molecule has 7 aromatic rings. The first-order valence-electron chi connectivity index (χ1n) is 24.0. The van der Waals surface area contributed by atoms with Gasteiger partial charge in [-0.25, -0.2) is 0 Å². The maximum Gasteiger partial charge on any atom is 0.416 e. The Morgan fingerprint density at radius 3 is 2.36 bits per heavy atom. The number of aryl methyl sites for hydroxylation is 1. The number of Topliss-reactive ketones (excluding diaryl/α,β-unsaturated/α-hetero) is 1. The molecule has 3 aromatic heterocycles. The van der Waals surface area contributed by atoms with Crippen LogP contribution in [0.1, 0.15) is 70.4 Å². The van der Waals surface area contributed by atoms with Gasteiger partial charge in [0, 0.05) is 111 Å². The summed E-state index contributed by atoms with van der Waals surface area (Å²) in [6.45, 7) is 6.67. The number of anilines is 1. The smallest absolute Gasteiger partial charge is 0.369 e. The lowest BCUT2D eigenvalue weighted by molar-refractivity contribution is -0.138. The van der Waals surface area contributed by atoms with E-state index in [9.17, 15) is 32.3 Å². The molecule has 70 heavy (non-hydrogen) atoms. The first kappa shape index (κ1) is 46.6. The summed E-state index contributed by atoms with van der Waals surface area (Å²) in [5, 5.41) is 16.8. The van der Waals surface area contributed by atoms with Crippen LogP contribution in [-0.2, 0) is 40.6 Å². The minimum atomic E-state index is -4.40. The first-order chi connectivity index (χ1) is 33.8. The number of hydrogen-bond acceptors (Lipinski definition) is 9. The van der Waals surface area contributed by atoms with Crippen molar-refractivity contribution >= 4 is 51.0 Å². The van der Waals surface area contributed by atoms with Gasteiger partial charge in [0.05, 0.1) is 34.9 Å². The van der Waals surface area contributed by atoms with Crippen molar-refractivity contribution in [2.24, 2.45) is 13.0 Å². The number of amides is 3. The van der Waals surface area contributed by atoms with E-state index in [-0.39, 0.29) is 30.0 Å². The summed E-state index contributed by atoms with van der Waals surface area (Å²) in [5.41, 5.74) is 6.67. The second-order valence-electron chi connectivity index (χ2n) is 18.8. The number of alkyl halides is 3. The number of hydrogen-bond donors (Lipinski definition) is 3. The highest BCUT2D eigenvalue weighted by Gasteiger charge is 2.33. The Morgan fingerprint density at radius 1 is 0.857 bits per heavy atom. The predicted molar refractivity (Wildman–Crippen MR) is 260 cm³/mol. The van der Waals surface area contributed by atoms with Crippen LogP contribution < -0.4 is 15.5 Å². The van der Waals surface area contributed by atoms with Crippen LogP contribution in [0, 0.1) is 5.92 Å². The highest BCUT2D eigenvalue weighted by Crippen LogP contribution is 2.34. The fourth-order valence-electron chi connectivity index (χ4n) is 10.3. The zero-order valence-corrected chi connectivity index (χ0v) is 38.9. The number of rotatable bonds is 14. The van der Waals surface area contributed by atoms with Gasteiger partial charge in [-0.15, -0.1) is 0 Å². The summed E-state index contributed by atoms with van der Waals surface area (Å²) in [4.78, 5) is 62.2. The van der Waals surface area contributed by atoms with E-state index < -0.39 is 23.7 Å². The normalized spacial score (nSPS) is 17.9. The van der Waals surface area contributed by atoms with Crippen molar-refractivity contribution in [3.63, 3.8) is 0 Å². The fourth-order valence-corrected chi connectivity index (χ4v) is 10.3. The molecule has 3 aliphatic rings. The third kappa shape index (κ3) is 9.99. The van der Waals surface area contributed by atoms with Crippen molar-refractivity contribution < 1.29 is 32.3 Å². The van der Waals surface area contributed by atoms with Gasteiger partial charge in [-0.1, -0.05) is 54.6 Å². The van der Waals surface area contributed by atoms with Crippen LogP contribution in [-0.4, -0.2) is 110 Å². The lowest BCUT2D eigenvalue weighted by atomic mass is 9.93. The van der Waals surface area contributed by atoms with Crippen molar-refractivity contribution in [1.82, 2.24) is 45.0 Å². The summed E-state index contributed by atoms with van der Waals surface area (Å²) in [7, 11) is 1.90. The molecule has 0 spiro atoms. The Kier molecular flexibility index (Phi) is 13.1. The zero-order valence-electron chi connectivity index (χ0n) is 38.9. The molecular formula is C53H55F3N10O4. The summed E-state index contributed by atoms with van der Waals surface area (Å²) < 4.78 is 42.8. The molecule has 4 aromatic carbocycles. The Labute approximate surface area is 402 Å². The highest BCUT2D eigenvalue weighted by atomic mass is 19.4. The molecule has 0 saturated carbocycles. The molecule has 2 atom stereocenters. The van der Waals surface area contributed by atoms with Gasteiger partial charge in [0.15, 0.2) is 5.78 Å². The molecule has 3 N–H and O–H groups in total. The highest BCUT2D eigenvalue weighted by molar-refractivity contribution is 6.11.